The van der Waals surface area contributed by atoms with Gasteiger partial charge in [0, 0.05) is 16.6 Å². The molecule has 0 atom stereocenters. The fraction of sp³-hybridized carbons (Fsp3) is 0.0588. The molecule has 0 aliphatic heterocycles. The quantitative estimate of drug-likeness (QED) is 0.780. The monoisotopic (exact) mass is 346 g/mol. The summed E-state index contributed by atoms with van der Waals surface area (Å²) >= 11 is 11.8. The van der Waals surface area contributed by atoms with Gasteiger partial charge in [-0.3, -0.25) is 9.59 Å². The van der Waals surface area contributed by atoms with Crippen LogP contribution in [0.4, 0.5) is 5.69 Å². The van der Waals surface area contributed by atoms with Gasteiger partial charge in [0.25, 0.3) is 5.56 Å². The predicted octanol–water partition coefficient (Wildman–Crippen LogP) is 3.95. The van der Waals surface area contributed by atoms with Gasteiger partial charge in [0.2, 0.25) is 5.91 Å². The highest BCUT2D eigenvalue weighted by Crippen LogP contribution is 2.25. The number of rotatable bonds is 3. The van der Waals surface area contributed by atoms with Gasteiger partial charge in [-0.15, -0.1) is 0 Å². The van der Waals surface area contributed by atoms with Gasteiger partial charge in [-0.2, -0.15) is 0 Å². The van der Waals surface area contributed by atoms with Crippen molar-refractivity contribution in [1.29, 1.82) is 0 Å². The molecule has 4 nitrogen and oxygen atoms in total. The zero-order valence-corrected chi connectivity index (χ0v) is 13.4. The number of carbonyl (C=O) groups is 1. The van der Waals surface area contributed by atoms with Crippen LogP contribution in [-0.2, 0) is 11.3 Å². The first-order chi connectivity index (χ1) is 11.0. The largest absolute Gasteiger partial charge is 0.323 e. The average Bonchev–Trinajstić information content (AvgIpc) is 2.53. The minimum Gasteiger partial charge on any atom is -0.323 e. The van der Waals surface area contributed by atoms with Crippen molar-refractivity contribution in [3.05, 3.63) is 75.1 Å². The first kappa shape index (κ1) is 15.6. The molecule has 3 rings (SSSR count). The first-order valence-electron chi connectivity index (χ1n) is 6.88. The number of benzene rings is 2. The number of fused-ring (bicyclic) bond motifs is 1. The van der Waals surface area contributed by atoms with Crippen LogP contribution in [0.2, 0.25) is 10.0 Å². The number of hydrogen-bond acceptors (Lipinski definition) is 2. The molecule has 1 aromatic heterocycles. The van der Waals surface area contributed by atoms with Gasteiger partial charge in [0.05, 0.1) is 10.7 Å². The van der Waals surface area contributed by atoms with Crippen LogP contribution in [0.1, 0.15) is 0 Å². The number of aromatic nitrogens is 1. The van der Waals surface area contributed by atoms with E-state index < -0.39 is 0 Å². The maximum Gasteiger partial charge on any atom is 0.258 e. The molecule has 0 bridgehead atoms. The molecule has 0 aliphatic rings. The molecule has 116 valence electrons. The smallest absolute Gasteiger partial charge is 0.258 e. The number of anilines is 1. The maximum atomic E-state index is 12.4. The molecule has 1 heterocycles. The van der Waals surface area contributed by atoms with Crippen molar-refractivity contribution in [3.63, 3.8) is 0 Å². The van der Waals surface area contributed by atoms with Crippen molar-refractivity contribution in [2.45, 2.75) is 6.54 Å². The Morgan fingerprint density at radius 3 is 2.65 bits per heavy atom. The highest BCUT2D eigenvalue weighted by molar-refractivity contribution is 6.36. The van der Waals surface area contributed by atoms with E-state index in [1.807, 2.05) is 12.1 Å². The van der Waals surface area contributed by atoms with Crippen molar-refractivity contribution in [2.75, 3.05) is 5.32 Å². The lowest BCUT2D eigenvalue weighted by Gasteiger charge is -2.10. The van der Waals surface area contributed by atoms with Crippen LogP contribution in [0, 0.1) is 0 Å². The molecule has 23 heavy (non-hydrogen) atoms. The molecule has 2 aromatic carbocycles. The zero-order chi connectivity index (χ0) is 16.4. The summed E-state index contributed by atoms with van der Waals surface area (Å²) in [6.07, 6.45) is 1.60. The van der Waals surface area contributed by atoms with Crippen LogP contribution >= 0.6 is 23.2 Å². The lowest BCUT2D eigenvalue weighted by atomic mass is 10.2. The van der Waals surface area contributed by atoms with E-state index >= 15 is 0 Å². The molecule has 0 radical (unpaired) electrons. The Balaban J connectivity index is 1.83. The van der Waals surface area contributed by atoms with E-state index in [2.05, 4.69) is 5.32 Å². The number of hydrogen-bond donors (Lipinski definition) is 1. The molecular formula is C17H12Cl2N2O2. The minimum absolute atomic E-state index is 0.0946. The van der Waals surface area contributed by atoms with Crippen LogP contribution in [-0.4, -0.2) is 10.5 Å². The van der Waals surface area contributed by atoms with Crippen molar-refractivity contribution in [3.8, 4) is 0 Å². The molecule has 1 amide bonds. The predicted molar refractivity (Wildman–Crippen MR) is 93.3 cm³/mol. The summed E-state index contributed by atoms with van der Waals surface area (Å²) in [7, 11) is 0. The highest BCUT2D eigenvalue weighted by atomic mass is 35.5. The number of amides is 1. The van der Waals surface area contributed by atoms with E-state index in [0.29, 0.717) is 21.1 Å². The summed E-state index contributed by atoms with van der Waals surface area (Å²) in [6, 6.07) is 13.8. The number of nitrogens with one attached hydrogen (secondary N) is 1. The minimum atomic E-state index is -0.341. The third-order valence-corrected chi connectivity index (χ3v) is 3.95. The van der Waals surface area contributed by atoms with E-state index in [4.69, 9.17) is 23.2 Å². The van der Waals surface area contributed by atoms with Gasteiger partial charge < -0.3 is 9.88 Å². The second kappa shape index (κ2) is 6.44. The number of carbonyl (C=O) groups excluding carboxylic acids is 1. The summed E-state index contributed by atoms with van der Waals surface area (Å²) in [4.78, 5) is 24.5. The SMILES string of the molecule is O=C(Cn1ccc2ccccc2c1=O)Nc1ccc(Cl)cc1Cl. The number of pyridine rings is 1. The van der Waals surface area contributed by atoms with Crippen LogP contribution in [0.15, 0.2) is 59.5 Å². The third-order valence-electron chi connectivity index (χ3n) is 3.41. The fourth-order valence-corrected chi connectivity index (χ4v) is 2.75. The van der Waals surface area contributed by atoms with E-state index in [1.165, 1.54) is 4.57 Å². The summed E-state index contributed by atoms with van der Waals surface area (Å²) in [5, 5.41) is 4.92. The Morgan fingerprint density at radius 2 is 1.87 bits per heavy atom. The van der Waals surface area contributed by atoms with Gasteiger partial charge in [-0.05, 0) is 35.7 Å². The number of nitrogens with zero attached hydrogens (tertiary/aromatic N) is 1. The van der Waals surface area contributed by atoms with Crippen LogP contribution in [0.5, 0.6) is 0 Å². The van der Waals surface area contributed by atoms with E-state index in [-0.39, 0.29) is 18.0 Å². The van der Waals surface area contributed by atoms with Crippen LogP contribution in [0.25, 0.3) is 10.8 Å². The number of halogens is 2. The summed E-state index contributed by atoms with van der Waals surface area (Å²) in [6.45, 7) is -0.0946. The molecule has 0 unspecified atom stereocenters. The van der Waals surface area contributed by atoms with Gasteiger partial charge in [0.1, 0.15) is 6.54 Å². The van der Waals surface area contributed by atoms with Crippen molar-refractivity contribution >= 4 is 45.6 Å². The highest BCUT2D eigenvalue weighted by Gasteiger charge is 2.09. The molecule has 1 N–H and O–H groups in total. The van der Waals surface area contributed by atoms with Gasteiger partial charge in [0.15, 0.2) is 0 Å². The van der Waals surface area contributed by atoms with Gasteiger partial charge >= 0.3 is 0 Å². The topological polar surface area (TPSA) is 51.1 Å². The van der Waals surface area contributed by atoms with Gasteiger partial charge in [-0.1, -0.05) is 41.4 Å². The zero-order valence-electron chi connectivity index (χ0n) is 11.9. The Morgan fingerprint density at radius 1 is 1.09 bits per heavy atom. The average molecular weight is 347 g/mol. The lowest BCUT2D eigenvalue weighted by molar-refractivity contribution is -0.116. The molecule has 0 spiro atoms. The normalized spacial score (nSPS) is 10.7. The Kier molecular flexibility index (Phi) is 4.37. The molecular weight excluding hydrogens is 335 g/mol. The molecule has 0 saturated carbocycles. The first-order valence-corrected chi connectivity index (χ1v) is 7.63. The molecule has 0 saturated heterocycles. The second-order valence-corrected chi connectivity index (χ2v) is 5.85. The van der Waals surface area contributed by atoms with Gasteiger partial charge in [-0.25, -0.2) is 0 Å². The molecule has 3 aromatic rings. The van der Waals surface area contributed by atoms with Crippen LogP contribution in [0.3, 0.4) is 0 Å². The summed E-state index contributed by atoms with van der Waals surface area (Å²) in [5.74, 6) is -0.341. The Bertz CT molecular complexity index is 951. The summed E-state index contributed by atoms with van der Waals surface area (Å²) in [5.41, 5.74) is 0.246. The molecule has 6 heteroatoms. The second-order valence-electron chi connectivity index (χ2n) is 5.01. The van der Waals surface area contributed by atoms with Crippen molar-refractivity contribution in [1.82, 2.24) is 4.57 Å². The van der Waals surface area contributed by atoms with Crippen LogP contribution < -0.4 is 10.9 Å². The molecule has 0 aliphatic carbocycles. The third kappa shape index (κ3) is 3.38. The van der Waals surface area contributed by atoms with E-state index in [0.717, 1.165) is 5.39 Å². The maximum absolute atomic E-state index is 12.4. The fourth-order valence-electron chi connectivity index (χ4n) is 2.29. The lowest BCUT2D eigenvalue weighted by Crippen LogP contribution is -2.27. The Labute approximate surface area is 142 Å². The Hall–Kier alpha value is -2.30. The summed E-state index contributed by atoms with van der Waals surface area (Å²) < 4.78 is 1.36. The van der Waals surface area contributed by atoms with E-state index in [1.54, 1.807) is 42.6 Å². The molecule has 0 fully saturated rings. The van der Waals surface area contributed by atoms with Crippen molar-refractivity contribution in [2.24, 2.45) is 0 Å². The van der Waals surface area contributed by atoms with E-state index in [9.17, 15) is 9.59 Å². The van der Waals surface area contributed by atoms with Crippen molar-refractivity contribution < 1.29 is 4.79 Å². The standard InChI is InChI=1S/C17H12Cl2N2O2/c18-12-5-6-15(14(19)9-12)20-16(22)10-21-8-7-11-3-1-2-4-13(11)17(21)23/h1-9H,10H2,(H,20,22).